The number of aromatic carboxylic acids is 1. The molecule has 0 aromatic heterocycles. The van der Waals surface area contributed by atoms with Gasteiger partial charge in [0.25, 0.3) is 0 Å². The second kappa shape index (κ2) is 4.37. The van der Waals surface area contributed by atoms with Crippen LogP contribution in [0, 0.1) is 0 Å². The van der Waals surface area contributed by atoms with E-state index in [9.17, 15) is 4.79 Å². The van der Waals surface area contributed by atoms with E-state index in [4.69, 9.17) is 16.7 Å². The Morgan fingerprint density at radius 1 is 1.36 bits per heavy atom. The summed E-state index contributed by atoms with van der Waals surface area (Å²) in [6.45, 7) is 0. The van der Waals surface area contributed by atoms with Gasteiger partial charge in [-0.3, -0.25) is 0 Å². The molecule has 0 unspecified atom stereocenters. The summed E-state index contributed by atoms with van der Waals surface area (Å²) in [5, 5.41) is 8.75. The molecule has 0 aliphatic rings. The number of halogens is 1. The van der Waals surface area contributed by atoms with Crippen molar-refractivity contribution in [3.63, 3.8) is 0 Å². The zero-order valence-electron chi connectivity index (χ0n) is 5.36. The van der Waals surface area contributed by atoms with Crippen molar-refractivity contribution >= 4 is 17.6 Å². The Morgan fingerprint density at radius 3 is 2.27 bits per heavy atom. The van der Waals surface area contributed by atoms with Crippen LogP contribution in [0.3, 0.4) is 0 Å². The van der Waals surface area contributed by atoms with Gasteiger partial charge in [0.05, 0.1) is 10.6 Å². The predicted molar refractivity (Wildman–Crippen MR) is 38.4 cm³/mol. The van der Waals surface area contributed by atoms with E-state index in [0.29, 0.717) is 0 Å². The van der Waals surface area contributed by atoms with Crippen molar-refractivity contribution in [3.05, 3.63) is 34.9 Å². The van der Waals surface area contributed by atoms with Crippen LogP contribution in [0.1, 0.15) is 10.4 Å². The Bertz CT molecular complexity index is 262. The Morgan fingerprint density at radius 2 is 1.91 bits per heavy atom. The Balaban J connectivity index is 0.000001000. The predicted octanol–water partition coefficient (Wildman–Crippen LogP) is 2.04. The summed E-state index contributed by atoms with van der Waals surface area (Å²) < 4.78 is 0. The van der Waals surface area contributed by atoms with Crippen LogP contribution in [0.2, 0.25) is 5.02 Å². The quantitative estimate of drug-likeness (QED) is 0.728. The van der Waals surface area contributed by atoms with E-state index in [0.717, 1.165) is 0 Å². The van der Waals surface area contributed by atoms with E-state index < -0.39 is 5.97 Å². The van der Waals surface area contributed by atoms with Crippen LogP contribution >= 0.6 is 11.6 Å². The normalized spacial score (nSPS) is 8.45. The monoisotopic (exact) mass is 214 g/mol. The number of hydrogen-bond donors (Lipinski definition) is 1. The molecule has 0 amide bonds. The minimum Gasteiger partial charge on any atom is -0.478 e. The number of hydrogen-bond acceptors (Lipinski definition) is 1. The fourth-order valence-corrected chi connectivity index (χ4v) is 0.851. The van der Waals surface area contributed by atoms with Gasteiger partial charge >= 0.3 is 5.97 Å². The summed E-state index contributed by atoms with van der Waals surface area (Å²) in [5.41, 5.74) is 0.143. The minimum atomic E-state index is -0.995. The van der Waals surface area contributed by atoms with Gasteiger partial charge in [0.15, 0.2) is 0 Å². The zero-order chi connectivity index (χ0) is 7.56. The van der Waals surface area contributed by atoms with Gasteiger partial charge in [-0.05, 0) is 12.1 Å². The fraction of sp³-hybridized carbons (Fsp3) is 0. The van der Waals surface area contributed by atoms with Gasteiger partial charge in [-0.25, -0.2) is 4.79 Å². The van der Waals surface area contributed by atoms with Gasteiger partial charge in [-0.1, -0.05) is 23.7 Å². The second-order valence-corrected chi connectivity index (χ2v) is 2.19. The van der Waals surface area contributed by atoms with Gasteiger partial charge < -0.3 is 5.11 Å². The van der Waals surface area contributed by atoms with E-state index >= 15 is 0 Å². The molecule has 0 atom stereocenters. The first-order chi connectivity index (χ1) is 4.72. The summed E-state index contributed by atoms with van der Waals surface area (Å²) in [6.07, 6.45) is 0. The molecule has 11 heavy (non-hydrogen) atoms. The molecule has 0 aliphatic heterocycles. The van der Waals surface area contributed by atoms with Crippen molar-refractivity contribution in [3.8, 4) is 0 Å². The Labute approximate surface area is 79.1 Å². The van der Waals surface area contributed by atoms with Gasteiger partial charge in [-0.2, -0.15) is 0 Å². The van der Waals surface area contributed by atoms with Crippen LogP contribution in [0.5, 0.6) is 0 Å². The smallest absolute Gasteiger partial charge is 0.337 e. The zero-order valence-corrected chi connectivity index (χ0v) is 7.10. The van der Waals surface area contributed by atoms with E-state index in [1.54, 1.807) is 18.2 Å². The maximum absolute atomic E-state index is 10.3. The average Bonchev–Trinajstić information content (AvgIpc) is 1.88. The van der Waals surface area contributed by atoms with Gasteiger partial charge in [0.2, 0.25) is 0 Å². The van der Waals surface area contributed by atoms with Gasteiger partial charge in [-0.15, -0.1) is 0 Å². The molecule has 0 spiro atoms. The second-order valence-electron chi connectivity index (χ2n) is 1.78. The molecule has 0 saturated carbocycles. The summed E-state index contributed by atoms with van der Waals surface area (Å²) in [4.78, 5) is 10.3. The average molecular weight is 215 g/mol. The molecule has 62 valence electrons. The first-order valence-corrected chi connectivity index (χ1v) is 3.07. The summed E-state index contributed by atoms with van der Waals surface area (Å²) in [7, 11) is 0. The van der Waals surface area contributed by atoms with Crippen molar-refractivity contribution < 1.29 is 26.4 Å². The number of rotatable bonds is 1. The number of carbonyl (C=O) groups is 1. The molecule has 4 heteroatoms. The fourth-order valence-electron chi connectivity index (χ4n) is 0.635. The van der Waals surface area contributed by atoms with Crippen LogP contribution in [-0.4, -0.2) is 11.1 Å². The van der Waals surface area contributed by atoms with Crippen LogP contribution in [0.4, 0.5) is 0 Å². The SMILES string of the molecule is O=C(O)c1ccccc1Cl.[Ni]. The van der Waals surface area contributed by atoms with E-state index in [1.807, 2.05) is 0 Å². The molecule has 0 saturated heterocycles. The molecule has 0 fully saturated rings. The Kier molecular flexibility index (Phi) is 4.16. The van der Waals surface area contributed by atoms with Crippen LogP contribution in [-0.2, 0) is 16.5 Å². The summed E-state index contributed by atoms with van der Waals surface area (Å²) in [5.74, 6) is -0.995. The molecule has 1 rings (SSSR count). The molecular weight excluding hydrogens is 210 g/mol. The Hall–Kier alpha value is -0.526. The molecule has 0 radical (unpaired) electrons. The van der Waals surface area contributed by atoms with Crippen molar-refractivity contribution in [1.29, 1.82) is 0 Å². The summed E-state index contributed by atoms with van der Waals surface area (Å²) in [6, 6.07) is 6.33. The van der Waals surface area contributed by atoms with Crippen molar-refractivity contribution in [2.24, 2.45) is 0 Å². The first-order valence-electron chi connectivity index (χ1n) is 2.69. The molecule has 1 N–H and O–H groups in total. The summed E-state index contributed by atoms with van der Waals surface area (Å²) >= 11 is 5.54. The third kappa shape index (κ3) is 2.53. The molecule has 1 aromatic carbocycles. The molecule has 1 aromatic rings. The van der Waals surface area contributed by atoms with E-state index in [-0.39, 0.29) is 27.1 Å². The first kappa shape index (κ1) is 10.5. The van der Waals surface area contributed by atoms with Crippen LogP contribution in [0.25, 0.3) is 0 Å². The molecular formula is C7H5ClNiO2. The third-order valence-corrected chi connectivity index (χ3v) is 1.43. The van der Waals surface area contributed by atoms with E-state index in [2.05, 4.69) is 0 Å². The van der Waals surface area contributed by atoms with Crippen LogP contribution in [0.15, 0.2) is 24.3 Å². The number of benzene rings is 1. The minimum absolute atomic E-state index is 0. The maximum Gasteiger partial charge on any atom is 0.337 e. The number of carboxylic acid groups (broad SMARTS) is 1. The molecule has 0 aliphatic carbocycles. The van der Waals surface area contributed by atoms with Crippen LogP contribution < -0.4 is 0 Å². The molecule has 0 heterocycles. The largest absolute Gasteiger partial charge is 0.478 e. The standard InChI is InChI=1S/C7H5ClO2.Ni/c8-6-4-2-1-3-5(6)7(9)10;/h1-4H,(H,9,10);. The van der Waals surface area contributed by atoms with Crippen molar-refractivity contribution in [2.45, 2.75) is 0 Å². The van der Waals surface area contributed by atoms with Crippen molar-refractivity contribution in [2.75, 3.05) is 0 Å². The number of carboxylic acids is 1. The van der Waals surface area contributed by atoms with E-state index in [1.165, 1.54) is 6.07 Å². The topological polar surface area (TPSA) is 37.3 Å². The van der Waals surface area contributed by atoms with Crippen molar-refractivity contribution in [1.82, 2.24) is 0 Å². The third-order valence-electron chi connectivity index (χ3n) is 1.10. The van der Waals surface area contributed by atoms with Gasteiger partial charge in [0, 0.05) is 16.5 Å². The molecule has 2 nitrogen and oxygen atoms in total. The molecule has 0 bridgehead atoms. The van der Waals surface area contributed by atoms with Gasteiger partial charge in [0.1, 0.15) is 0 Å². The maximum atomic E-state index is 10.3.